The van der Waals surface area contributed by atoms with Gasteiger partial charge in [-0.15, -0.1) is 22.7 Å². The van der Waals surface area contributed by atoms with Crippen LogP contribution in [0.2, 0.25) is 0 Å². The molecule has 3 N–H and O–H groups in total. The van der Waals surface area contributed by atoms with Crippen LogP contribution >= 0.6 is 22.7 Å². The zero-order valence-electron chi connectivity index (χ0n) is 26.3. The maximum Gasteiger partial charge on any atom is 0.271 e. The van der Waals surface area contributed by atoms with E-state index in [1.807, 2.05) is 74.5 Å². The lowest BCUT2D eigenvalue weighted by Gasteiger charge is -2.24. The van der Waals surface area contributed by atoms with Gasteiger partial charge in [-0.2, -0.15) is 0 Å². The third kappa shape index (κ3) is 8.02. The van der Waals surface area contributed by atoms with Gasteiger partial charge in [0.05, 0.1) is 30.9 Å². The highest BCUT2D eigenvalue weighted by Gasteiger charge is 2.27. The Balaban J connectivity index is 1.45. The first-order chi connectivity index (χ1) is 21.6. The summed E-state index contributed by atoms with van der Waals surface area (Å²) in [6.45, 7) is 9.60. The third-order valence-corrected chi connectivity index (χ3v) is 9.91. The Labute approximate surface area is 271 Å². The van der Waals surface area contributed by atoms with Gasteiger partial charge in [-0.3, -0.25) is 19.3 Å². The normalized spacial score (nSPS) is 18.9. The first-order valence-corrected chi connectivity index (χ1v) is 16.9. The van der Waals surface area contributed by atoms with Crippen molar-refractivity contribution in [2.45, 2.75) is 59.2 Å². The fourth-order valence-corrected chi connectivity index (χ4v) is 7.12. The molecule has 0 unspecified atom stereocenters. The summed E-state index contributed by atoms with van der Waals surface area (Å²) in [5.74, 6) is 0.150. The predicted octanol–water partition coefficient (Wildman–Crippen LogP) is 4.11. The zero-order valence-corrected chi connectivity index (χ0v) is 27.9. The molecule has 4 aromatic rings. The van der Waals surface area contributed by atoms with Crippen LogP contribution in [-0.4, -0.2) is 61.8 Å². The summed E-state index contributed by atoms with van der Waals surface area (Å²) in [6.07, 6.45) is 1.16. The molecule has 0 saturated heterocycles. The number of amides is 3. The highest BCUT2D eigenvalue weighted by atomic mass is 32.1. The molecule has 3 aromatic heterocycles. The van der Waals surface area contributed by atoms with E-state index in [9.17, 15) is 14.4 Å². The fraction of sp³-hybridized carbons (Fsp3) is 0.438. The lowest BCUT2D eigenvalue weighted by molar-refractivity contribution is -0.123. The van der Waals surface area contributed by atoms with E-state index < -0.39 is 6.04 Å². The van der Waals surface area contributed by atoms with Crippen molar-refractivity contribution in [3.8, 4) is 0 Å². The fourth-order valence-electron chi connectivity index (χ4n) is 5.24. The minimum absolute atomic E-state index is 0.0330. The van der Waals surface area contributed by atoms with E-state index in [0.29, 0.717) is 48.2 Å². The third-order valence-electron chi connectivity index (χ3n) is 8.02. The van der Waals surface area contributed by atoms with Crippen molar-refractivity contribution in [3.05, 3.63) is 85.3 Å². The monoisotopic (exact) mass is 648 g/mol. The van der Waals surface area contributed by atoms with E-state index in [4.69, 9.17) is 9.97 Å². The Hall–Kier alpha value is -3.94. The molecule has 0 radical (unpaired) electrons. The van der Waals surface area contributed by atoms with Gasteiger partial charge in [0, 0.05) is 36.6 Å². The maximum atomic E-state index is 13.6. The van der Waals surface area contributed by atoms with Gasteiger partial charge in [0.25, 0.3) is 11.8 Å². The number of hydrogen-bond acceptors (Lipinski definition) is 9. The number of nitrogens with zero attached hydrogens (tertiary/aromatic N) is 5. The molecule has 4 heterocycles. The van der Waals surface area contributed by atoms with Gasteiger partial charge in [0.2, 0.25) is 5.91 Å². The summed E-state index contributed by atoms with van der Waals surface area (Å²) in [6, 6.07) is 9.12. The highest BCUT2D eigenvalue weighted by Crippen LogP contribution is 2.27. The lowest BCUT2D eigenvalue weighted by Crippen LogP contribution is -2.40. The molecule has 1 aliphatic rings. The summed E-state index contributed by atoms with van der Waals surface area (Å²) in [4.78, 5) is 56.0. The zero-order chi connectivity index (χ0) is 32.1. The lowest BCUT2D eigenvalue weighted by atomic mass is 10.0. The van der Waals surface area contributed by atoms with Crippen LogP contribution in [0.1, 0.15) is 86.1 Å². The number of rotatable bonds is 5. The Bertz CT molecular complexity index is 1640. The van der Waals surface area contributed by atoms with Crippen LogP contribution in [-0.2, 0) is 24.8 Å². The first kappa shape index (κ1) is 32.5. The Morgan fingerprint density at radius 3 is 2.31 bits per heavy atom. The van der Waals surface area contributed by atoms with E-state index >= 15 is 0 Å². The highest BCUT2D eigenvalue weighted by molar-refractivity contribution is 7.10. The van der Waals surface area contributed by atoms with Crippen LogP contribution in [0.4, 0.5) is 0 Å². The molecule has 45 heavy (non-hydrogen) atoms. The largest absolute Gasteiger partial charge is 0.351 e. The van der Waals surface area contributed by atoms with Crippen LogP contribution in [0, 0.1) is 19.8 Å². The summed E-state index contributed by atoms with van der Waals surface area (Å²) in [5.41, 5.74) is 3.68. The maximum absolute atomic E-state index is 13.6. The van der Waals surface area contributed by atoms with Gasteiger partial charge in [0.1, 0.15) is 27.2 Å². The molecule has 0 aliphatic carbocycles. The molecule has 4 bridgehead atoms. The molecule has 0 saturated carbocycles. The second-order valence-corrected chi connectivity index (χ2v) is 13.5. The Morgan fingerprint density at radius 2 is 1.62 bits per heavy atom. The van der Waals surface area contributed by atoms with Crippen LogP contribution in [0.3, 0.4) is 0 Å². The summed E-state index contributed by atoms with van der Waals surface area (Å²) >= 11 is 2.71. The minimum Gasteiger partial charge on any atom is -0.351 e. The van der Waals surface area contributed by atoms with Crippen molar-refractivity contribution in [1.82, 2.24) is 40.4 Å². The average molecular weight is 649 g/mol. The standard InChI is InChI=1S/C32H40N8O3S2/c1-19(2)28-32-37-24(17-45-32)29(42)33-12-9-13-40(15-26-34-20(3)21(4)39(26)5)16-27(41)35-23(14-22-10-7-6-8-11-22)31-36-25(18-44-31)30(43)38-28/h6-8,10-11,17-19,23,28H,9,12-16H2,1-5H3,(H,33,42)(H,35,41)(H,38,43)/t23-,28-/m0/s1. The molecular formula is C32H40N8O3S2. The smallest absolute Gasteiger partial charge is 0.271 e. The Morgan fingerprint density at radius 1 is 0.933 bits per heavy atom. The quantitative estimate of drug-likeness (QED) is 0.297. The van der Waals surface area contributed by atoms with Crippen molar-refractivity contribution < 1.29 is 14.4 Å². The number of thiazole rings is 2. The van der Waals surface area contributed by atoms with Crippen molar-refractivity contribution in [2.24, 2.45) is 13.0 Å². The van der Waals surface area contributed by atoms with Crippen LogP contribution in [0.25, 0.3) is 0 Å². The predicted molar refractivity (Wildman–Crippen MR) is 175 cm³/mol. The van der Waals surface area contributed by atoms with Crippen LogP contribution in [0.5, 0.6) is 0 Å². The number of nitrogens with one attached hydrogen (secondary N) is 3. The second kappa shape index (κ2) is 14.4. The summed E-state index contributed by atoms with van der Waals surface area (Å²) in [7, 11) is 1.98. The molecule has 0 fully saturated rings. The molecule has 2 atom stereocenters. The number of carbonyl (C=O) groups is 3. The van der Waals surface area contributed by atoms with Gasteiger partial charge < -0.3 is 20.5 Å². The van der Waals surface area contributed by atoms with Crippen molar-refractivity contribution in [2.75, 3.05) is 19.6 Å². The van der Waals surface area contributed by atoms with E-state index in [0.717, 1.165) is 22.8 Å². The van der Waals surface area contributed by atoms with E-state index in [2.05, 4.69) is 20.9 Å². The minimum atomic E-state index is -0.422. The van der Waals surface area contributed by atoms with Crippen molar-refractivity contribution in [3.63, 3.8) is 0 Å². The molecule has 3 amide bonds. The number of carbonyl (C=O) groups excluding carboxylic acids is 3. The van der Waals surface area contributed by atoms with E-state index in [1.165, 1.54) is 22.7 Å². The number of benzene rings is 1. The molecule has 13 heteroatoms. The van der Waals surface area contributed by atoms with E-state index in [-0.39, 0.29) is 41.9 Å². The molecule has 11 nitrogen and oxygen atoms in total. The molecule has 1 aliphatic heterocycles. The number of imidazole rings is 1. The SMILES string of the molecule is Cc1nc(CN2CCCNC(=O)c3csc(n3)[C@H](C(C)C)NC(=O)c3csc(n3)[C@H](Cc3ccccc3)NC(=O)C2)n(C)c1C. The number of hydrogen-bond donors (Lipinski definition) is 3. The van der Waals surface area contributed by atoms with Gasteiger partial charge in [0.15, 0.2) is 0 Å². The van der Waals surface area contributed by atoms with Gasteiger partial charge in [-0.25, -0.2) is 15.0 Å². The topological polar surface area (TPSA) is 134 Å². The van der Waals surface area contributed by atoms with Crippen LogP contribution in [0.15, 0.2) is 41.1 Å². The average Bonchev–Trinajstić information content (AvgIpc) is 3.75. The van der Waals surface area contributed by atoms with Crippen LogP contribution < -0.4 is 16.0 Å². The number of aryl methyl sites for hydroxylation is 1. The van der Waals surface area contributed by atoms with E-state index in [1.54, 1.807) is 10.8 Å². The van der Waals surface area contributed by atoms with Gasteiger partial charge in [-0.1, -0.05) is 44.2 Å². The molecule has 0 spiro atoms. The molecular weight excluding hydrogens is 609 g/mol. The number of fused-ring (bicyclic) bond motifs is 4. The summed E-state index contributed by atoms with van der Waals surface area (Å²) in [5, 5.41) is 14.0. The van der Waals surface area contributed by atoms with Crippen molar-refractivity contribution in [1.29, 1.82) is 0 Å². The van der Waals surface area contributed by atoms with Crippen molar-refractivity contribution >= 4 is 40.4 Å². The molecule has 1 aromatic carbocycles. The second-order valence-electron chi connectivity index (χ2n) is 11.7. The molecule has 238 valence electrons. The Kier molecular flexibility index (Phi) is 10.4. The van der Waals surface area contributed by atoms with Gasteiger partial charge in [-0.05, 0) is 38.2 Å². The summed E-state index contributed by atoms with van der Waals surface area (Å²) < 4.78 is 2.05. The van der Waals surface area contributed by atoms with Gasteiger partial charge >= 0.3 is 0 Å². The first-order valence-electron chi connectivity index (χ1n) is 15.1. The molecule has 5 rings (SSSR count). The number of aromatic nitrogens is 4.